The van der Waals surface area contributed by atoms with Gasteiger partial charge in [0.05, 0.1) is 0 Å². The van der Waals surface area contributed by atoms with Crippen LogP contribution >= 0.6 is 11.6 Å². The standard InChI is InChI=1S/C22H25ClN2O/c1-25-14-18-7-4-8-21(23)20(18)12-19(25)13-24-22(26)17-10-9-15-5-2-3-6-16(15)11-17/h2-8,17,19H,9-14H2,1H3,(H,24,26). The van der Waals surface area contributed by atoms with Crippen LogP contribution < -0.4 is 5.32 Å². The molecule has 0 aromatic heterocycles. The fourth-order valence-electron chi connectivity index (χ4n) is 4.28. The number of nitrogens with one attached hydrogen (secondary N) is 1. The summed E-state index contributed by atoms with van der Waals surface area (Å²) in [7, 11) is 2.12. The first-order chi connectivity index (χ1) is 12.6. The predicted octanol–water partition coefficient (Wildman–Crippen LogP) is 3.62. The molecule has 0 saturated carbocycles. The van der Waals surface area contributed by atoms with Gasteiger partial charge in [-0.15, -0.1) is 0 Å². The third-order valence-electron chi connectivity index (χ3n) is 5.93. The monoisotopic (exact) mass is 368 g/mol. The molecule has 0 bridgehead atoms. The van der Waals surface area contributed by atoms with E-state index in [1.54, 1.807) is 0 Å². The van der Waals surface area contributed by atoms with Crippen LogP contribution in [0.25, 0.3) is 0 Å². The first-order valence-electron chi connectivity index (χ1n) is 9.43. The molecule has 1 aliphatic carbocycles. The largest absolute Gasteiger partial charge is 0.354 e. The zero-order chi connectivity index (χ0) is 18.1. The van der Waals surface area contributed by atoms with E-state index in [0.29, 0.717) is 12.6 Å². The first-order valence-corrected chi connectivity index (χ1v) is 9.80. The van der Waals surface area contributed by atoms with E-state index >= 15 is 0 Å². The summed E-state index contributed by atoms with van der Waals surface area (Å²) in [5.74, 6) is 0.285. The highest BCUT2D eigenvalue weighted by Crippen LogP contribution is 2.29. The Morgan fingerprint density at radius 1 is 1.12 bits per heavy atom. The second kappa shape index (κ2) is 7.42. The Morgan fingerprint density at radius 3 is 2.73 bits per heavy atom. The van der Waals surface area contributed by atoms with Crippen LogP contribution in [0.1, 0.15) is 28.7 Å². The second-order valence-electron chi connectivity index (χ2n) is 7.60. The third-order valence-corrected chi connectivity index (χ3v) is 6.28. The summed E-state index contributed by atoms with van der Waals surface area (Å²) in [5, 5.41) is 4.05. The number of hydrogen-bond acceptors (Lipinski definition) is 2. The van der Waals surface area contributed by atoms with Crippen LogP contribution in [0, 0.1) is 5.92 Å². The third kappa shape index (κ3) is 3.51. The van der Waals surface area contributed by atoms with Crippen molar-refractivity contribution in [1.29, 1.82) is 0 Å². The van der Waals surface area contributed by atoms with E-state index in [-0.39, 0.29) is 11.8 Å². The van der Waals surface area contributed by atoms with E-state index in [1.165, 1.54) is 22.3 Å². The molecule has 2 atom stereocenters. The maximum Gasteiger partial charge on any atom is 0.223 e. The quantitative estimate of drug-likeness (QED) is 0.897. The molecule has 2 aliphatic rings. The molecule has 0 radical (unpaired) electrons. The van der Waals surface area contributed by atoms with Crippen molar-refractivity contribution in [3.63, 3.8) is 0 Å². The molecule has 0 spiro atoms. The summed E-state index contributed by atoms with van der Waals surface area (Å²) in [5.41, 5.74) is 5.26. The number of amides is 1. The van der Waals surface area contributed by atoms with E-state index < -0.39 is 0 Å². The molecule has 0 saturated heterocycles. The molecule has 0 fully saturated rings. The number of benzene rings is 2. The van der Waals surface area contributed by atoms with Crippen molar-refractivity contribution < 1.29 is 4.79 Å². The minimum atomic E-state index is 0.0923. The van der Waals surface area contributed by atoms with Gasteiger partial charge in [0.2, 0.25) is 5.91 Å². The van der Waals surface area contributed by atoms with Crippen molar-refractivity contribution in [2.45, 2.75) is 38.3 Å². The van der Waals surface area contributed by atoms with Gasteiger partial charge in [0.25, 0.3) is 0 Å². The fourth-order valence-corrected chi connectivity index (χ4v) is 4.55. The number of aryl methyl sites for hydroxylation is 1. The summed E-state index contributed by atoms with van der Waals surface area (Å²) >= 11 is 6.38. The maximum atomic E-state index is 12.7. The van der Waals surface area contributed by atoms with Gasteiger partial charge in [0.1, 0.15) is 0 Å². The average molecular weight is 369 g/mol. The van der Waals surface area contributed by atoms with Gasteiger partial charge in [-0.3, -0.25) is 9.69 Å². The Kier molecular flexibility index (Phi) is 5.01. The second-order valence-corrected chi connectivity index (χ2v) is 8.01. The highest BCUT2D eigenvalue weighted by molar-refractivity contribution is 6.31. The molecule has 4 heteroatoms. The molecule has 4 rings (SSSR count). The number of nitrogens with zero attached hydrogens (tertiary/aromatic N) is 1. The van der Waals surface area contributed by atoms with E-state index in [2.05, 4.69) is 47.6 Å². The molecular weight excluding hydrogens is 344 g/mol. The molecule has 1 heterocycles. The molecule has 3 nitrogen and oxygen atoms in total. The maximum absolute atomic E-state index is 12.7. The van der Waals surface area contributed by atoms with Gasteiger partial charge < -0.3 is 5.32 Å². The van der Waals surface area contributed by atoms with Crippen LogP contribution in [0.2, 0.25) is 5.02 Å². The summed E-state index contributed by atoms with van der Waals surface area (Å²) in [4.78, 5) is 15.0. The van der Waals surface area contributed by atoms with Gasteiger partial charge in [-0.25, -0.2) is 0 Å². The molecule has 2 aromatic carbocycles. The van der Waals surface area contributed by atoms with Gasteiger partial charge in [-0.05, 0) is 61.1 Å². The Balaban J connectivity index is 1.37. The SMILES string of the molecule is CN1Cc2cccc(Cl)c2CC1CNC(=O)C1CCc2ccccc2C1. The van der Waals surface area contributed by atoms with E-state index in [0.717, 1.165) is 37.3 Å². The number of hydrogen-bond donors (Lipinski definition) is 1. The molecule has 1 N–H and O–H groups in total. The van der Waals surface area contributed by atoms with Crippen LogP contribution in [0.5, 0.6) is 0 Å². The summed E-state index contributed by atoms with van der Waals surface area (Å²) in [6.45, 7) is 1.56. The topological polar surface area (TPSA) is 32.3 Å². The number of carbonyl (C=O) groups is 1. The van der Waals surface area contributed by atoms with Crippen molar-refractivity contribution in [3.8, 4) is 0 Å². The van der Waals surface area contributed by atoms with Gasteiger partial charge in [-0.1, -0.05) is 48.0 Å². The Hall–Kier alpha value is -1.84. The van der Waals surface area contributed by atoms with Gasteiger partial charge in [0, 0.05) is 30.1 Å². The number of rotatable bonds is 3. The van der Waals surface area contributed by atoms with Crippen molar-refractivity contribution in [3.05, 3.63) is 69.7 Å². The molecule has 1 amide bonds. The summed E-state index contributed by atoms with van der Waals surface area (Å²) < 4.78 is 0. The lowest BCUT2D eigenvalue weighted by Gasteiger charge is -2.35. The van der Waals surface area contributed by atoms with Crippen molar-refractivity contribution in [2.24, 2.45) is 5.92 Å². The smallest absolute Gasteiger partial charge is 0.223 e. The Bertz CT molecular complexity index is 820. The molecular formula is C22H25ClN2O. The number of fused-ring (bicyclic) bond motifs is 2. The van der Waals surface area contributed by atoms with Gasteiger partial charge in [-0.2, -0.15) is 0 Å². The predicted molar refractivity (Wildman–Crippen MR) is 105 cm³/mol. The van der Waals surface area contributed by atoms with E-state index in [1.807, 2.05) is 12.1 Å². The fraction of sp³-hybridized carbons (Fsp3) is 0.409. The van der Waals surface area contributed by atoms with Crippen LogP contribution in [-0.4, -0.2) is 30.4 Å². The Morgan fingerprint density at radius 2 is 1.88 bits per heavy atom. The number of carbonyl (C=O) groups excluding carboxylic acids is 1. The van der Waals surface area contributed by atoms with Crippen LogP contribution in [0.15, 0.2) is 42.5 Å². The van der Waals surface area contributed by atoms with Crippen molar-refractivity contribution in [2.75, 3.05) is 13.6 Å². The number of likely N-dealkylation sites (N-methyl/N-ethyl adjacent to an activating group) is 1. The molecule has 136 valence electrons. The van der Waals surface area contributed by atoms with E-state index in [4.69, 9.17) is 11.6 Å². The normalized spacial score (nSPS) is 22.4. The lowest BCUT2D eigenvalue weighted by atomic mass is 9.83. The van der Waals surface area contributed by atoms with Crippen LogP contribution in [0.4, 0.5) is 0 Å². The lowest BCUT2D eigenvalue weighted by Crippen LogP contribution is -2.47. The average Bonchev–Trinajstić information content (AvgIpc) is 2.66. The molecule has 26 heavy (non-hydrogen) atoms. The first kappa shape index (κ1) is 17.6. The highest BCUT2D eigenvalue weighted by atomic mass is 35.5. The zero-order valence-corrected chi connectivity index (χ0v) is 15.9. The highest BCUT2D eigenvalue weighted by Gasteiger charge is 2.28. The van der Waals surface area contributed by atoms with E-state index in [9.17, 15) is 4.79 Å². The number of halogens is 1. The minimum absolute atomic E-state index is 0.0923. The van der Waals surface area contributed by atoms with Gasteiger partial charge in [0.15, 0.2) is 0 Å². The minimum Gasteiger partial charge on any atom is -0.354 e. The van der Waals surface area contributed by atoms with Gasteiger partial charge >= 0.3 is 0 Å². The molecule has 2 unspecified atom stereocenters. The summed E-state index contributed by atoms with van der Waals surface area (Å²) in [6, 6.07) is 14.9. The lowest BCUT2D eigenvalue weighted by molar-refractivity contribution is -0.125. The Labute approximate surface area is 160 Å². The van der Waals surface area contributed by atoms with Crippen LogP contribution in [0.3, 0.4) is 0 Å². The van der Waals surface area contributed by atoms with Crippen molar-refractivity contribution in [1.82, 2.24) is 10.2 Å². The molecule has 2 aromatic rings. The molecule has 1 aliphatic heterocycles. The zero-order valence-electron chi connectivity index (χ0n) is 15.2. The summed E-state index contributed by atoms with van der Waals surface area (Å²) in [6.07, 6.45) is 3.69. The van der Waals surface area contributed by atoms with Crippen molar-refractivity contribution >= 4 is 17.5 Å². The van der Waals surface area contributed by atoms with Crippen LogP contribution in [-0.2, 0) is 30.6 Å².